The van der Waals surface area contributed by atoms with Crippen molar-refractivity contribution >= 4 is 26.7 Å². The van der Waals surface area contributed by atoms with Crippen molar-refractivity contribution in [2.24, 2.45) is 0 Å². The van der Waals surface area contributed by atoms with E-state index in [4.69, 9.17) is 4.42 Å². The van der Waals surface area contributed by atoms with Gasteiger partial charge in [0.2, 0.25) is 5.91 Å². The molecule has 108 valence electrons. The van der Waals surface area contributed by atoms with E-state index < -0.39 is 21.0 Å². The highest BCUT2D eigenvalue weighted by atomic mass is 32.2. The Morgan fingerprint density at radius 3 is 2.50 bits per heavy atom. The molecule has 1 heterocycles. The van der Waals surface area contributed by atoms with E-state index in [0.29, 0.717) is 5.76 Å². The number of hydrogen-bond acceptors (Lipinski definition) is 4. The van der Waals surface area contributed by atoms with E-state index in [1.54, 1.807) is 6.92 Å². The van der Waals surface area contributed by atoms with E-state index in [2.05, 4.69) is 5.32 Å². The molecule has 1 N–H and O–H groups in total. The highest BCUT2D eigenvalue weighted by Crippen LogP contribution is 2.23. The van der Waals surface area contributed by atoms with Gasteiger partial charge in [-0.15, -0.1) is 0 Å². The third-order valence-corrected chi connectivity index (χ3v) is 4.74. The van der Waals surface area contributed by atoms with E-state index in [0.717, 1.165) is 17.2 Å². The highest BCUT2D eigenvalue weighted by Gasteiger charge is 2.25. The van der Waals surface area contributed by atoms with Gasteiger partial charge in [0.25, 0.3) is 0 Å². The molecule has 0 radical (unpaired) electrons. The van der Waals surface area contributed by atoms with Crippen LogP contribution in [0.25, 0.3) is 11.0 Å². The Kier molecular flexibility index (Phi) is 3.85. The molecule has 0 fully saturated rings. The zero-order chi connectivity index (χ0) is 14.9. The fourth-order valence-corrected chi connectivity index (χ4v) is 2.27. The molecule has 0 aliphatic carbocycles. The Bertz CT molecular complexity index is 699. The summed E-state index contributed by atoms with van der Waals surface area (Å²) in [5.41, 5.74) is 0.736. The lowest BCUT2D eigenvalue weighted by Gasteiger charge is -2.14. The first kappa shape index (κ1) is 14.6. The summed E-state index contributed by atoms with van der Waals surface area (Å²) in [6.45, 7) is 3.13. The molecule has 1 aromatic heterocycles. The van der Waals surface area contributed by atoms with Gasteiger partial charge in [-0.2, -0.15) is 0 Å². The van der Waals surface area contributed by atoms with Gasteiger partial charge in [-0.3, -0.25) is 4.79 Å². The minimum Gasteiger partial charge on any atom is -0.459 e. The van der Waals surface area contributed by atoms with Crippen molar-refractivity contribution in [1.82, 2.24) is 5.32 Å². The third-order valence-electron chi connectivity index (χ3n) is 3.24. The normalized spacial score (nSPS) is 14.9. The van der Waals surface area contributed by atoms with Crippen LogP contribution in [-0.4, -0.2) is 25.8 Å². The third kappa shape index (κ3) is 3.01. The smallest absolute Gasteiger partial charge is 0.238 e. The van der Waals surface area contributed by atoms with Gasteiger partial charge in [0.1, 0.15) is 16.6 Å². The topological polar surface area (TPSA) is 76.4 Å². The minimum absolute atomic E-state index is 0.390. The monoisotopic (exact) mass is 295 g/mol. The molecule has 6 heteroatoms. The average Bonchev–Trinajstić information content (AvgIpc) is 2.80. The summed E-state index contributed by atoms with van der Waals surface area (Å²) in [5.74, 6) is 0.0701. The lowest BCUT2D eigenvalue weighted by atomic mass is 10.2. The molecule has 0 saturated heterocycles. The van der Waals surface area contributed by atoms with Gasteiger partial charge in [-0.25, -0.2) is 8.42 Å². The van der Waals surface area contributed by atoms with Crippen LogP contribution in [0.5, 0.6) is 0 Å². The summed E-state index contributed by atoms with van der Waals surface area (Å²) in [5, 5.41) is 2.52. The molecule has 0 bridgehead atoms. The van der Waals surface area contributed by atoms with Crippen molar-refractivity contribution in [2.75, 3.05) is 6.26 Å². The van der Waals surface area contributed by atoms with Gasteiger partial charge in [0.05, 0.1) is 6.04 Å². The number of fused-ring (bicyclic) bond motifs is 1. The Hall–Kier alpha value is -1.82. The molecule has 5 nitrogen and oxygen atoms in total. The second-order valence-corrected chi connectivity index (χ2v) is 7.25. The number of amides is 1. The minimum atomic E-state index is -3.40. The van der Waals surface area contributed by atoms with Crippen molar-refractivity contribution < 1.29 is 17.6 Å². The van der Waals surface area contributed by atoms with Crippen LogP contribution in [0.1, 0.15) is 25.6 Å². The van der Waals surface area contributed by atoms with E-state index in [-0.39, 0.29) is 6.04 Å². The molecule has 20 heavy (non-hydrogen) atoms. The van der Waals surface area contributed by atoms with Crippen LogP contribution >= 0.6 is 0 Å². The fraction of sp³-hybridized carbons (Fsp3) is 0.357. The molecule has 0 spiro atoms. The lowest BCUT2D eigenvalue weighted by Crippen LogP contribution is -2.38. The van der Waals surface area contributed by atoms with Crippen LogP contribution in [0.3, 0.4) is 0 Å². The van der Waals surface area contributed by atoms with Crippen LogP contribution in [0.4, 0.5) is 0 Å². The Labute approximate surface area is 117 Å². The first-order valence-corrected chi connectivity index (χ1v) is 8.22. The van der Waals surface area contributed by atoms with Gasteiger partial charge in [0, 0.05) is 11.6 Å². The van der Waals surface area contributed by atoms with Crippen LogP contribution in [0.15, 0.2) is 34.7 Å². The van der Waals surface area contributed by atoms with Crippen LogP contribution in [0.2, 0.25) is 0 Å². The SMILES string of the molecule is C[C@H](NC(=O)[C@H](C)S(C)(=O)=O)c1cc2ccccc2o1. The lowest BCUT2D eigenvalue weighted by molar-refractivity contribution is -0.121. The number of rotatable bonds is 4. The predicted molar refractivity (Wildman–Crippen MR) is 77.1 cm³/mol. The summed E-state index contributed by atoms with van der Waals surface area (Å²) in [4.78, 5) is 11.9. The highest BCUT2D eigenvalue weighted by molar-refractivity contribution is 7.92. The van der Waals surface area contributed by atoms with E-state index in [9.17, 15) is 13.2 Å². The van der Waals surface area contributed by atoms with Gasteiger partial charge in [-0.05, 0) is 26.0 Å². The van der Waals surface area contributed by atoms with Gasteiger partial charge in [-0.1, -0.05) is 18.2 Å². The summed E-state index contributed by atoms with van der Waals surface area (Å²) in [6.07, 6.45) is 1.04. The predicted octanol–water partition coefficient (Wildman–Crippen LogP) is 2.04. The molecule has 2 rings (SSSR count). The van der Waals surface area contributed by atoms with E-state index in [1.165, 1.54) is 6.92 Å². The molecular formula is C14H17NO4S. The van der Waals surface area contributed by atoms with E-state index >= 15 is 0 Å². The van der Waals surface area contributed by atoms with Gasteiger partial charge < -0.3 is 9.73 Å². The molecule has 2 aromatic rings. The summed E-state index contributed by atoms with van der Waals surface area (Å²) in [6, 6.07) is 8.97. The molecular weight excluding hydrogens is 278 g/mol. The van der Waals surface area contributed by atoms with Gasteiger partial charge in [0.15, 0.2) is 9.84 Å². The Balaban J connectivity index is 2.16. The Morgan fingerprint density at radius 1 is 1.25 bits per heavy atom. The van der Waals surface area contributed by atoms with E-state index in [1.807, 2.05) is 30.3 Å². The maximum Gasteiger partial charge on any atom is 0.238 e. The number of hydrogen-bond donors (Lipinski definition) is 1. The molecule has 1 amide bonds. The molecule has 0 saturated carbocycles. The van der Waals surface area contributed by atoms with Crippen molar-refractivity contribution in [3.63, 3.8) is 0 Å². The fourth-order valence-electron chi connectivity index (χ4n) is 1.81. The van der Waals surface area contributed by atoms with Crippen LogP contribution in [0, 0.1) is 0 Å². The number of carbonyl (C=O) groups excluding carboxylic acids is 1. The second-order valence-electron chi connectivity index (χ2n) is 4.89. The maximum atomic E-state index is 11.9. The molecule has 0 unspecified atom stereocenters. The van der Waals surface area contributed by atoms with Crippen LogP contribution in [-0.2, 0) is 14.6 Å². The number of furan rings is 1. The number of carbonyl (C=O) groups is 1. The van der Waals surface area contributed by atoms with Crippen molar-refractivity contribution in [3.8, 4) is 0 Å². The van der Waals surface area contributed by atoms with Crippen molar-refractivity contribution in [2.45, 2.75) is 25.1 Å². The van der Waals surface area contributed by atoms with Crippen molar-refractivity contribution in [1.29, 1.82) is 0 Å². The summed E-state index contributed by atoms with van der Waals surface area (Å²) < 4.78 is 28.3. The molecule has 2 atom stereocenters. The second kappa shape index (κ2) is 5.28. The summed E-state index contributed by atoms with van der Waals surface area (Å²) >= 11 is 0. The van der Waals surface area contributed by atoms with Crippen molar-refractivity contribution in [3.05, 3.63) is 36.1 Å². The zero-order valence-corrected chi connectivity index (χ0v) is 12.4. The standard InChI is InChI=1S/C14H17NO4S/c1-9(15-14(16)10(2)20(3,17)18)13-8-11-6-4-5-7-12(11)19-13/h4-10H,1-3H3,(H,15,16)/t9-,10-/m0/s1. The first-order valence-electron chi connectivity index (χ1n) is 6.27. The number of sulfone groups is 1. The Morgan fingerprint density at radius 2 is 1.90 bits per heavy atom. The molecule has 0 aliphatic heterocycles. The number of benzene rings is 1. The number of para-hydroxylation sites is 1. The first-order chi connectivity index (χ1) is 9.29. The largest absolute Gasteiger partial charge is 0.459 e. The molecule has 1 aromatic carbocycles. The molecule has 0 aliphatic rings. The average molecular weight is 295 g/mol. The quantitative estimate of drug-likeness (QED) is 0.936. The maximum absolute atomic E-state index is 11.9. The summed E-state index contributed by atoms with van der Waals surface area (Å²) in [7, 11) is -3.40. The van der Waals surface area contributed by atoms with Gasteiger partial charge >= 0.3 is 0 Å². The zero-order valence-electron chi connectivity index (χ0n) is 11.6. The van der Waals surface area contributed by atoms with Crippen LogP contribution < -0.4 is 5.32 Å². The number of nitrogens with one attached hydrogen (secondary N) is 1.